The molecule has 1 atom stereocenters. The average molecular weight is 334 g/mol. The van der Waals surface area contributed by atoms with Crippen LogP contribution in [0.4, 0.5) is 4.39 Å². The zero-order valence-electron chi connectivity index (χ0n) is 13.1. The molecule has 1 saturated carbocycles. The van der Waals surface area contributed by atoms with Gasteiger partial charge in [-0.3, -0.25) is 14.4 Å². The molecule has 2 amide bonds. The smallest absolute Gasteiger partial charge is 0.305 e. The van der Waals surface area contributed by atoms with Crippen molar-refractivity contribution in [2.24, 2.45) is 0 Å². The molecule has 0 radical (unpaired) electrons. The fourth-order valence-corrected chi connectivity index (χ4v) is 3.67. The van der Waals surface area contributed by atoms with Gasteiger partial charge < -0.3 is 15.3 Å². The number of aliphatic carboxylic acids is 1. The van der Waals surface area contributed by atoms with E-state index < -0.39 is 41.6 Å². The van der Waals surface area contributed by atoms with Crippen LogP contribution < -0.4 is 5.32 Å². The fraction of sp³-hybridized carbons (Fsp3) is 0.471. The molecule has 1 heterocycles. The number of halogens is 1. The Morgan fingerprint density at radius 3 is 2.58 bits per heavy atom. The van der Waals surface area contributed by atoms with Gasteiger partial charge in [-0.2, -0.15) is 0 Å². The van der Waals surface area contributed by atoms with Crippen molar-refractivity contribution >= 4 is 17.8 Å². The number of rotatable bonds is 3. The average Bonchev–Trinajstić information content (AvgIpc) is 2.97. The van der Waals surface area contributed by atoms with Crippen molar-refractivity contribution in [3.8, 4) is 0 Å². The van der Waals surface area contributed by atoms with Gasteiger partial charge in [-0.1, -0.05) is 25.0 Å². The molecule has 1 aromatic carbocycles. The van der Waals surface area contributed by atoms with Gasteiger partial charge in [0.15, 0.2) is 0 Å². The molecule has 1 aliphatic heterocycles. The molecule has 1 aromatic rings. The van der Waals surface area contributed by atoms with Gasteiger partial charge in [0.25, 0.3) is 5.91 Å². The first-order chi connectivity index (χ1) is 11.4. The summed E-state index contributed by atoms with van der Waals surface area (Å²) >= 11 is 0. The number of carboxylic acids is 1. The number of benzene rings is 1. The lowest BCUT2D eigenvalue weighted by molar-refractivity contribution is -0.144. The quantitative estimate of drug-likeness (QED) is 0.878. The molecule has 24 heavy (non-hydrogen) atoms. The topological polar surface area (TPSA) is 86.7 Å². The summed E-state index contributed by atoms with van der Waals surface area (Å²) in [4.78, 5) is 37.6. The number of nitrogens with one attached hydrogen (secondary N) is 1. The second-order valence-corrected chi connectivity index (χ2v) is 6.50. The molecule has 2 aliphatic rings. The number of amides is 2. The van der Waals surface area contributed by atoms with E-state index in [1.165, 1.54) is 29.2 Å². The van der Waals surface area contributed by atoms with Crippen LogP contribution >= 0.6 is 0 Å². The molecule has 1 unspecified atom stereocenters. The van der Waals surface area contributed by atoms with Gasteiger partial charge in [-0.05, 0) is 25.0 Å². The van der Waals surface area contributed by atoms with Gasteiger partial charge in [-0.25, -0.2) is 4.39 Å². The maximum absolute atomic E-state index is 14.0. The highest BCUT2D eigenvalue weighted by Crippen LogP contribution is 2.34. The van der Waals surface area contributed by atoms with E-state index in [1.807, 2.05) is 0 Å². The predicted molar refractivity (Wildman–Crippen MR) is 82.8 cm³/mol. The molecule has 0 bridgehead atoms. The van der Waals surface area contributed by atoms with Crippen LogP contribution in [-0.4, -0.2) is 45.9 Å². The van der Waals surface area contributed by atoms with Gasteiger partial charge in [0.05, 0.1) is 17.5 Å². The van der Waals surface area contributed by atoms with Gasteiger partial charge in [0, 0.05) is 6.54 Å². The third-order valence-electron chi connectivity index (χ3n) is 4.83. The Balaban J connectivity index is 1.95. The summed E-state index contributed by atoms with van der Waals surface area (Å²) in [5.74, 6) is -2.97. The van der Waals surface area contributed by atoms with E-state index in [9.17, 15) is 18.8 Å². The van der Waals surface area contributed by atoms with E-state index in [4.69, 9.17) is 5.11 Å². The van der Waals surface area contributed by atoms with Gasteiger partial charge in [0.2, 0.25) is 5.91 Å². The predicted octanol–water partition coefficient (Wildman–Crippen LogP) is 1.55. The Hall–Kier alpha value is -2.44. The first kappa shape index (κ1) is 16.4. The number of hydrogen-bond donors (Lipinski definition) is 2. The second kappa shape index (κ2) is 6.22. The SMILES string of the molecule is O=C(O)CC1C(=O)NC2(CCCC2)CN1C(=O)c1ccccc1F. The summed E-state index contributed by atoms with van der Waals surface area (Å²) in [5.41, 5.74) is -0.664. The fourth-order valence-electron chi connectivity index (χ4n) is 3.67. The highest BCUT2D eigenvalue weighted by atomic mass is 19.1. The van der Waals surface area contributed by atoms with Crippen LogP contribution in [0.2, 0.25) is 0 Å². The third kappa shape index (κ3) is 2.98. The number of nitrogens with zero attached hydrogens (tertiary/aromatic N) is 1. The number of piperazine rings is 1. The standard InChI is InChI=1S/C17H19FN2O4/c18-12-6-2-1-5-11(12)16(24)20-10-17(7-3-4-8-17)19-15(23)13(20)9-14(21)22/h1-2,5-6,13H,3-4,7-10H2,(H,19,23)(H,21,22). The van der Waals surface area contributed by atoms with E-state index >= 15 is 0 Å². The summed E-state index contributed by atoms with van der Waals surface area (Å²) in [6.07, 6.45) is 2.85. The molecule has 1 aliphatic carbocycles. The van der Waals surface area contributed by atoms with Crippen molar-refractivity contribution in [2.75, 3.05) is 6.54 Å². The largest absolute Gasteiger partial charge is 0.481 e. The van der Waals surface area contributed by atoms with Crippen LogP contribution in [0.15, 0.2) is 24.3 Å². The summed E-state index contributed by atoms with van der Waals surface area (Å²) in [6, 6.07) is 4.42. The lowest BCUT2D eigenvalue weighted by Gasteiger charge is -2.45. The third-order valence-corrected chi connectivity index (χ3v) is 4.83. The molecule has 2 fully saturated rings. The van der Waals surface area contributed by atoms with Crippen LogP contribution in [0.25, 0.3) is 0 Å². The van der Waals surface area contributed by atoms with Crippen molar-refractivity contribution < 1.29 is 23.9 Å². The summed E-state index contributed by atoms with van der Waals surface area (Å²) in [6.45, 7) is 0.212. The zero-order chi connectivity index (χ0) is 17.3. The van der Waals surface area contributed by atoms with E-state index in [-0.39, 0.29) is 12.1 Å². The van der Waals surface area contributed by atoms with Crippen LogP contribution in [0, 0.1) is 5.82 Å². The zero-order valence-corrected chi connectivity index (χ0v) is 13.1. The highest BCUT2D eigenvalue weighted by Gasteiger charge is 2.47. The molecular formula is C17H19FN2O4. The molecule has 128 valence electrons. The highest BCUT2D eigenvalue weighted by molar-refractivity contribution is 5.99. The maximum Gasteiger partial charge on any atom is 0.305 e. The van der Waals surface area contributed by atoms with Crippen LogP contribution in [0.5, 0.6) is 0 Å². The minimum Gasteiger partial charge on any atom is -0.481 e. The van der Waals surface area contributed by atoms with E-state index in [0.29, 0.717) is 0 Å². The first-order valence-corrected chi connectivity index (χ1v) is 8.01. The minimum atomic E-state index is -1.18. The molecule has 1 saturated heterocycles. The lowest BCUT2D eigenvalue weighted by atomic mass is 9.90. The van der Waals surface area contributed by atoms with Crippen molar-refractivity contribution in [2.45, 2.75) is 43.7 Å². The van der Waals surface area contributed by atoms with E-state index in [0.717, 1.165) is 25.7 Å². The Morgan fingerprint density at radius 2 is 1.96 bits per heavy atom. The van der Waals surface area contributed by atoms with Crippen molar-refractivity contribution in [3.05, 3.63) is 35.6 Å². The molecule has 2 N–H and O–H groups in total. The lowest BCUT2D eigenvalue weighted by Crippen LogP contribution is -2.67. The molecule has 1 spiro atoms. The molecule has 0 aromatic heterocycles. The maximum atomic E-state index is 14.0. The Bertz CT molecular complexity index is 685. The number of carbonyl (C=O) groups excluding carboxylic acids is 2. The van der Waals surface area contributed by atoms with Crippen LogP contribution in [0.1, 0.15) is 42.5 Å². The second-order valence-electron chi connectivity index (χ2n) is 6.50. The number of carbonyl (C=O) groups is 3. The number of hydrogen-bond acceptors (Lipinski definition) is 3. The van der Waals surface area contributed by atoms with Crippen molar-refractivity contribution in [1.29, 1.82) is 0 Å². The van der Waals surface area contributed by atoms with E-state index in [1.54, 1.807) is 0 Å². The van der Waals surface area contributed by atoms with Crippen LogP contribution in [-0.2, 0) is 9.59 Å². The summed E-state index contributed by atoms with van der Waals surface area (Å²) in [7, 11) is 0. The Morgan fingerprint density at radius 1 is 1.29 bits per heavy atom. The molecular weight excluding hydrogens is 315 g/mol. The number of carboxylic acid groups (broad SMARTS) is 1. The molecule has 6 nitrogen and oxygen atoms in total. The van der Waals surface area contributed by atoms with Gasteiger partial charge >= 0.3 is 5.97 Å². The normalized spacial score (nSPS) is 22.5. The Labute approximate surface area is 138 Å². The van der Waals surface area contributed by atoms with Gasteiger partial charge in [0.1, 0.15) is 11.9 Å². The van der Waals surface area contributed by atoms with Crippen molar-refractivity contribution in [3.63, 3.8) is 0 Å². The molecule has 7 heteroatoms. The van der Waals surface area contributed by atoms with Crippen LogP contribution in [0.3, 0.4) is 0 Å². The first-order valence-electron chi connectivity index (χ1n) is 8.01. The minimum absolute atomic E-state index is 0.143. The van der Waals surface area contributed by atoms with Crippen molar-refractivity contribution in [1.82, 2.24) is 10.2 Å². The van der Waals surface area contributed by atoms with Gasteiger partial charge in [-0.15, -0.1) is 0 Å². The Kier molecular flexibility index (Phi) is 4.26. The summed E-state index contributed by atoms with van der Waals surface area (Å²) in [5, 5.41) is 12.0. The summed E-state index contributed by atoms with van der Waals surface area (Å²) < 4.78 is 14.0. The monoisotopic (exact) mass is 334 g/mol. The molecule has 3 rings (SSSR count). The van der Waals surface area contributed by atoms with E-state index in [2.05, 4.69) is 5.32 Å².